The molecule has 160 valence electrons. The zero-order valence-corrected chi connectivity index (χ0v) is 17.8. The highest BCUT2D eigenvalue weighted by Gasteiger charge is 2.28. The topological polar surface area (TPSA) is 84.9 Å². The van der Waals surface area contributed by atoms with Gasteiger partial charge in [0.05, 0.1) is 30.8 Å². The minimum absolute atomic E-state index is 0.0583. The molecule has 1 heterocycles. The maximum atomic E-state index is 13.2. The van der Waals surface area contributed by atoms with Crippen LogP contribution in [0.3, 0.4) is 0 Å². The molecule has 30 heavy (non-hydrogen) atoms. The quantitative estimate of drug-likeness (QED) is 0.788. The standard InChI is InChI=1S/C22H26N2O5S/c1-28-21-10-9-17(15-19(21)22(25)24-11-13-29-14-12-24)30(26,27)23-20-8-4-6-16-5-2-3-7-18(16)20/h2-3,5,7,9-10,15,20,23H,4,6,8,11-14H2,1H3/t20-/m1/s1. The van der Waals surface area contributed by atoms with E-state index in [1.54, 1.807) is 4.90 Å². The molecule has 2 aliphatic rings. The van der Waals surface area contributed by atoms with Crippen molar-refractivity contribution in [2.45, 2.75) is 30.2 Å². The van der Waals surface area contributed by atoms with Gasteiger partial charge in [0.2, 0.25) is 10.0 Å². The first-order chi connectivity index (χ1) is 14.5. The Morgan fingerprint density at radius 1 is 1.17 bits per heavy atom. The van der Waals surface area contributed by atoms with E-state index in [0.29, 0.717) is 32.1 Å². The summed E-state index contributed by atoms with van der Waals surface area (Å²) in [6.07, 6.45) is 2.62. The van der Waals surface area contributed by atoms with Crippen LogP contribution in [0.2, 0.25) is 0 Å². The predicted molar refractivity (Wildman–Crippen MR) is 112 cm³/mol. The minimum Gasteiger partial charge on any atom is -0.496 e. The van der Waals surface area contributed by atoms with E-state index in [1.807, 2.05) is 24.3 Å². The van der Waals surface area contributed by atoms with E-state index in [0.717, 1.165) is 24.8 Å². The SMILES string of the molecule is COc1ccc(S(=O)(=O)N[C@@H]2CCCc3ccccc32)cc1C(=O)N1CCOCC1. The number of methoxy groups -OCH3 is 1. The second kappa shape index (κ2) is 8.75. The summed E-state index contributed by atoms with van der Waals surface area (Å²) >= 11 is 0. The van der Waals surface area contributed by atoms with Gasteiger partial charge in [-0.1, -0.05) is 24.3 Å². The van der Waals surface area contributed by atoms with Gasteiger partial charge in [-0.25, -0.2) is 13.1 Å². The summed E-state index contributed by atoms with van der Waals surface area (Å²) < 4.78 is 39.8. The molecule has 1 saturated heterocycles. The van der Waals surface area contributed by atoms with Crippen LogP contribution in [0.5, 0.6) is 5.75 Å². The average Bonchev–Trinajstić information content (AvgIpc) is 2.79. The van der Waals surface area contributed by atoms with Crippen LogP contribution in [-0.4, -0.2) is 52.6 Å². The van der Waals surface area contributed by atoms with Gasteiger partial charge >= 0.3 is 0 Å². The summed E-state index contributed by atoms with van der Waals surface area (Å²) in [7, 11) is -2.35. The Kier molecular flexibility index (Phi) is 6.08. The normalized spacial score (nSPS) is 19.2. The molecule has 0 spiro atoms. The average molecular weight is 431 g/mol. The fourth-order valence-corrected chi connectivity index (χ4v) is 5.37. The molecule has 8 heteroatoms. The number of nitrogens with one attached hydrogen (secondary N) is 1. The van der Waals surface area contributed by atoms with Crippen molar-refractivity contribution in [2.24, 2.45) is 0 Å². The van der Waals surface area contributed by atoms with Crippen molar-refractivity contribution >= 4 is 15.9 Å². The molecule has 7 nitrogen and oxygen atoms in total. The lowest BCUT2D eigenvalue weighted by Gasteiger charge is -2.28. The first kappa shape index (κ1) is 20.8. The van der Waals surface area contributed by atoms with Crippen LogP contribution >= 0.6 is 0 Å². The van der Waals surface area contributed by atoms with Crippen LogP contribution < -0.4 is 9.46 Å². The Hall–Kier alpha value is -2.42. The van der Waals surface area contributed by atoms with Crippen molar-refractivity contribution < 1.29 is 22.7 Å². The Bertz CT molecular complexity index is 1030. The maximum Gasteiger partial charge on any atom is 0.257 e. The number of carbonyl (C=O) groups is 1. The molecule has 1 atom stereocenters. The van der Waals surface area contributed by atoms with Crippen molar-refractivity contribution in [3.05, 3.63) is 59.2 Å². The molecule has 2 aromatic carbocycles. The first-order valence-corrected chi connectivity index (χ1v) is 11.6. The van der Waals surface area contributed by atoms with E-state index in [1.165, 1.54) is 30.9 Å². The Morgan fingerprint density at radius 2 is 1.93 bits per heavy atom. The van der Waals surface area contributed by atoms with Crippen molar-refractivity contribution in [1.82, 2.24) is 9.62 Å². The van der Waals surface area contributed by atoms with Crippen LogP contribution in [0.25, 0.3) is 0 Å². The van der Waals surface area contributed by atoms with E-state index in [9.17, 15) is 13.2 Å². The zero-order valence-electron chi connectivity index (χ0n) is 17.0. The molecule has 4 rings (SSSR count). The third-order valence-corrected chi connectivity index (χ3v) is 7.15. The second-order valence-electron chi connectivity index (χ2n) is 7.53. The Balaban J connectivity index is 1.62. The summed E-state index contributed by atoms with van der Waals surface area (Å²) in [5, 5.41) is 0. The first-order valence-electron chi connectivity index (χ1n) is 10.1. The van der Waals surface area contributed by atoms with Crippen molar-refractivity contribution in [3.63, 3.8) is 0 Å². The van der Waals surface area contributed by atoms with E-state index in [-0.39, 0.29) is 22.4 Å². The largest absolute Gasteiger partial charge is 0.496 e. The molecule has 1 amide bonds. The number of ether oxygens (including phenoxy) is 2. The molecule has 1 aliphatic heterocycles. The van der Waals surface area contributed by atoms with Crippen molar-refractivity contribution in [3.8, 4) is 5.75 Å². The van der Waals surface area contributed by atoms with Gasteiger partial charge in [0.15, 0.2) is 0 Å². The van der Waals surface area contributed by atoms with Crippen LogP contribution in [-0.2, 0) is 21.2 Å². The smallest absolute Gasteiger partial charge is 0.257 e. The van der Waals surface area contributed by atoms with Crippen molar-refractivity contribution in [1.29, 1.82) is 0 Å². The number of hydrogen-bond acceptors (Lipinski definition) is 5. The van der Waals surface area contributed by atoms with Crippen LogP contribution in [0.4, 0.5) is 0 Å². The van der Waals surface area contributed by atoms with E-state index in [4.69, 9.17) is 9.47 Å². The van der Waals surface area contributed by atoms with Gasteiger partial charge in [0, 0.05) is 19.1 Å². The number of amides is 1. The molecule has 1 fully saturated rings. The lowest BCUT2D eigenvalue weighted by atomic mass is 9.88. The fourth-order valence-electron chi connectivity index (χ4n) is 4.09. The third kappa shape index (κ3) is 4.21. The van der Waals surface area contributed by atoms with Crippen LogP contribution in [0.15, 0.2) is 47.4 Å². The summed E-state index contributed by atoms with van der Waals surface area (Å²) in [4.78, 5) is 14.7. The van der Waals surface area contributed by atoms with Crippen LogP contribution in [0.1, 0.15) is 40.4 Å². The predicted octanol–water partition coefficient (Wildman–Crippen LogP) is 2.52. The Labute approximate surface area is 177 Å². The number of nitrogens with zero attached hydrogens (tertiary/aromatic N) is 1. The number of carbonyl (C=O) groups excluding carboxylic acids is 1. The number of benzene rings is 2. The number of rotatable bonds is 5. The molecule has 0 saturated carbocycles. The van der Waals surface area contributed by atoms with Gasteiger partial charge < -0.3 is 14.4 Å². The van der Waals surface area contributed by atoms with E-state index >= 15 is 0 Å². The van der Waals surface area contributed by atoms with Gasteiger partial charge in [-0.05, 0) is 48.6 Å². The molecule has 0 radical (unpaired) electrons. The van der Waals surface area contributed by atoms with Crippen LogP contribution in [0, 0.1) is 0 Å². The number of hydrogen-bond donors (Lipinski definition) is 1. The Morgan fingerprint density at radius 3 is 2.70 bits per heavy atom. The van der Waals surface area contributed by atoms with Gasteiger partial charge in [-0.2, -0.15) is 0 Å². The molecule has 0 aromatic heterocycles. The molecule has 0 unspecified atom stereocenters. The molecular weight excluding hydrogens is 404 g/mol. The number of aryl methyl sites for hydroxylation is 1. The molecular formula is C22H26N2O5S. The summed E-state index contributed by atoms with van der Waals surface area (Å²) in [6, 6.07) is 12.1. The minimum atomic E-state index is -3.82. The van der Waals surface area contributed by atoms with Crippen molar-refractivity contribution in [2.75, 3.05) is 33.4 Å². The van der Waals surface area contributed by atoms with Gasteiger partial charge in [-0.15, -0.1) is 0 Å². The highest BCUT2D eigenvalue weighted by molar-refractivity contribution is 7.89. The summed E-state index contributed by atoms with van der Waals surface area (Å²) in [5.74, 6) is 0.101. The van der Waals surface area contributed by atoms with E-state index < -0.39 is 10.0 Å². The zero-order chi connectivity index (χ0) is 21.1. The molecule has 2 aromatic rings. The number of fused-ring (bicyclic) bond motifs is 1. The van der Waals surface area contributed by atoms with Gasteiger partial charge in [0.25, 0.3) is 5.91 Å². The number of morpholine rings is 1. The summed E-state index contributed by atoms with van der Waals surface area (Å²) in [6.45, 7) is 1.87. The lowest BCUT2D eigenvalue weighted by molar-refractivity contribution is 0.0300. The molecule has 1 aliphatic carbocycles. The highest BCUT2D eigenvalue weighted by Crippen LogP contribution is 2.31. The lowest BCUT2D eigenvalue weighted by Crippen LogP contribution is -2.41. The monoisotopic (exact) mass is 430 g/mol. The van der Waals surface area contributed by atoms with E-state index in [2.05, 4.69) is 4.72 Å². The fraction of sp³-hybridized carbons (Fsp3) is 0.409. The van der Waals surface area contributed by atoms with Gasteiger partial charge in [0.1, 0.15) is 5.75 Å². The number of sulfonamides is 1. The molecule has 0 bridgehead atoms. The second-order valence-corrected chi connectivity index (χ2v) is 9.25. The molecule has 1 N–H and O–H groups in total. The third-order valence-electron chi connectivity index (χ3n) is 5.68. The highest BCUT2D eigenvalue weighted by atomic mass is 32.2. The van der Waals surface area contributed by atoms with Gasteiger partial charge in [-0.3, -0.25) is 4.79 Å². The summed E-state index contributed by atoms with van der Waals surface area (Å²) in [5.41, 5.74) is 2.44. The maximum absolute atomic E-state index is 13.2.